The van der Waals surface area contributed by atoms with Crippen LogP contribution in [0.1, 0.15) is 35.2 Å². The molecule has 5 N–H and O–H groups in total. The average molecular weight is 636 g/mol. The third-order valence-corrected chi connectivity index (χ3v) is 7.97. The van der Waals surface area contributed by atoms with Gasteiger partial charge in [0.15, 0.2) is 0 Å². The lowest BCUT2D eigenvalue weighted by Crippen LogP contribution is -2.42. The standard InChI is InChI=1S/C37H41N5O5/c43-31-15-13-27(14-16-31)26-38-20-17-35(44)40-30-10-6-9-29(25-30)36(45)39-21-24-42-22-18-32(19-23-42)47-37(46)41-34-12-5-4-11-33(34)28-7-2-1-3-8-28/h1-16,25,32,38,43H,17-24,26H2,(H,39,45)(H,40,44)(H,41,46). The number of anilines is 2. The van der Waals surface area contributed by atoms with Gasteiger partial charge in [-0.3, -0.25) is 14.9 Å². The summed E-state index contributed by atoms with van der Waals surface area (Å²) in [6, 6.07) is 31.4. The Balaban J connectivity index is 0.974. The number of para-hydroxylation sites is 1. The topological polar surface area (TPSA) is 132 Å². The molecule has 1 fully saturated rings. The van der Waals surface area contributed by atoms with E-state index in [1.165, 1.54) is 0 Å². The Kier molecular flexibility index (Phi) is 12.0. The van der Waals surface area contributed by atoms with E-state index in [1.54, 1.807) is 36.4 Å². The number of hydrogen-bond donors (Lipinski definition) is 5. The minimum absolute atomic E-state index is 0.150. The van der Waals surface area contributed by atoms with Gasteiger partial charge in [0, 0.05) is 62.5 Å². The Labute approximate surface area is 275 Å². The molecule has 0 unspecified atom stereocenters. The highest BCUT2D eigenvalue weighted by molar-refractivity contribution is 5.97. The van der Waals surface area contributed by atoms with Gasteiger partial charge in [0.1, 0.15) is 11.9 Å². The second-order valence-electron chi connectivity index (χ2n) is 11.5. The van der Waals surface area contributed by atoms with Crippen LogP contribution in [0.3, 0.4) is 0 Å². The zero-order valence-electron chi connectivity index (χ0n) is 26.3. The Morgan fingerprint density at radius 3 is 2.34 bits per heavy atom. The third-order valence-electron chi connectivity index (χ3n) is 7.97. The normalized spacial score (nSPS) is 13.4. The molecule has 4 aromatic carbocycles. The first-order valence-electron chi connectivity index (χ1n) is 15.9. The van der Waals surface area contributed by atoms with Gasteiger partial charge in [-0.25, -0.2) is 4.79 Å². The predicted molar refractivity (Wildman–Crippen MR) is 183 cm³/mol. The molecule has 1 heterocycles. The summed E-state index contributed by atoms with van der Waals surface area (Å²) in [5.41, 5.74) is 4.72. The molecule has 10 heteroatoms. The van der Waals surface area contributed by atoms with E-state index < -0.39 is 6.09 Å². The minimum atomic E-state index is -0.459. The van der Waals surface area contributed by atoms with Crippen molar-refractivity contribution >= 4 is 29.3 Å². The number of benzene rings is 4. The molecule has 0 radical (unpaired) electrons. The zero-order valence-corrected chi connectivity index (χ0v) is 26.3. The molecule has 1 saturated heterocycles. The van der Waals surface area contributed by atoms with Crippen molar-refractivity contribution in [3.8, 4) is 16.9 Å². The van der Waals surface area contributed by atoms with Crippen molar-refractivity contribution in [1.82, 2.24) is 15.5 Å². The van der Waals surface area contributed by atoms with Gasteiger partial charge in [-0.1, -0.05) is 66.7 Å². The molecule has 5 rings (SSSR count). The number of hydrogen-bond acceptors (Lipinski definition) is 7. The Morgan fingerprint density at radius 2 is 1.55 bits per heavy atom. The van der Waals surface area contributed by atoms with Crippen LogP contribution in [0.2, 0.25) is 0 Å². The third kappa shape index (κ3) is 10.4. The second kappa shape index (κ2) is 16.9. The quantitative estimate of drug-likeness (QED) is 0.121. The van der Waals surface area contributed by atoms with Crippen LogP contribution in [0.15, 0.2) is 103 Å². The monoisotopic (exact) mass is 635 g/mol. The highest BCUT2D eigenvalue weighted by Crippen LogP contribution is 2.28. The molecular weight excluding hydrogens is 594 g/mol. The van der Waals surface area contributed by atoms with Crippen molar-refractivity contribution in [1.29, 1.82) is 0 Å². The van der Waals surface area contributed by atoms with Gasteiger partial charge in [-0.05, 0) is 60.4 Å². The van der Waals surface area contributed by atoms with E-state index in [4.69, 9.17) is 4.74 Å². The number of nitrogens with zero attached hydrogens (tertiary/aromatic N) is 1. The van der Waals surface area contributed by atoms with E-state index in [2.05, 4.69) is 26.2 Å². The van der Waals surface area contributed by atoms with Crippen LogP contribution in [0.25, 0.3) is 11.1 Å². The summed E-state index contributed by atoms with van der Waals surface area (Å²) in [6.45, 7) is 3.77. The van der Waals surface area contributed by atoms with Crippen molar-refractivity contribution < 1.29 is 24.2 Å². The van der Waals surface area contributed by atoms with Crippen LogP contribution < -0.4 is 21.3 Å². The van der Waals surface area contributed by atoms with Gasteiger partial charge in [-0.15, -0.1) is 0 Å². The lowest BCUT2D eigenvalue weighted by atomic mass is 10.0. The fourth-order valence-corrected chi connectivity index (χ4v) is 5.44. The maximum Gasteiger partial charge on any atom is 0.411 e. The van der Waals surface area contributed by atoms with Crippen molar-refractivity contribution in [3.05, 3.63) is 114 Å². The molecule has 0 aromatic heterocycles. The van der Waals surface area contributed by atoms with Crippen molar-refractivity contribution in [2.45, 2.75) is 31.9 Å². The number of phenols is 1. The smallest absolute Gasteiger partial charge is 0.411 e. The minimum Gasteiger partial charge on any atom is -0.508 e. The van der Waals surface area contributed by atoms with E-state index in [0.29, 0.717) is 43.1 Å². The summed E-state index contributed by atoms with van der Waals surface area (Å²) in [5, 5.41) is 21.3. The fourth-order valence-electron chi connectivity index (χ4n) is 5.44. The van der Waals surface area contributed by atoms with Gasteiger partial charge in [0.05, 0.1) is 5.69 Å². The summed E-state index contributed by atoms with van der Waals surface area (Å²) in [4.78, 5) is 40.1. The Hall–Kier alpha value is -5.19. The number of aromatic hydroxyl groups is 1. The molecule has 10 nitrogen and oxygen atoms in total. The Bertz CT molecular complexity index is 1620. The number of phenolic OH excluding ortho intramolecular Hbond substituents is 1. The number of ether oxygens (including phenoxy) is 1. The molecule has 1 aliphatic heterocycles. The number of piperidine rings is 1. The number of nitrogens with one attached hydrogen (secondary N) is 4. The van der Waals surface area contributed by atoms with E-state index in [0.717, 1.165) is 42.6 Å². The molecule has 1 aliphatic rings. The SMILES string of the molecule is O=C(CCNCc1ccc(O)cc1)Nc1cccc(C(=O)NCCN2CCC(OC(=O)Nc3ccccc3-c3ccccc3)CC2)c1. The number of carbonyl (C=O) groups is 3. The van der Waals surface area contributed by atoms with Gasteiger partial charge in [0.25, 0.3) is 5.91 Å². The molecule has 47 heavy (non-hydrogen) atoms. The molecule has 0 aliphatic carbocycles. The molecule has 0 atom stereocenters. The van der Waals surface area contributed by atoms with Crippen molar-refractivity contribution in [2.75, 3.05) is 43.4 Å². The highest BCUT2D eigenvalue weighted by atomic mass is 16.6. The maximum atomic E-state index is 12.8. The Morgan fingerprint density at radius 1 is 0.809 bits per heavy atom. The molecule has 244 valence electrons. The summed E-state index contributed by atoms with van der Waals surface area (Å²) in [6.07, 6.45) is 1.09. The first kappa shape index (κ1) is 33.2. The van der Waals surface area contributed by atoms with Crippen LogP contribution in [0.5, 0.6) is 5.75 Å². The maximum absolute atomic E-state index is 12.8. The van der Waals surface area contributed by atoms with Crippen LogP contribution in [-0.2, 0) is 16.1 Å². The molecule has 3 amide bonds. The summed E-state index contributed by atoms with van der Waals surface area (Å²) >= 11 is 0. The zero-order chi connectivity index (χ0) is 32.8. The number of rotatable bonds is 13. The van der Waals surface area contributed by atoms with Crippen molar-refractivity contribution in [2.24, 2.45) is 0 Å². The molecule has 0 spiro atoms. The van der Waals surface area contributed by atoms with Gasteiger partial charge < -0.3 is 30.7 Å². The molecule has 0 bridgehead atoms. The first-order valence-corrected chi connectivity index (χ1v) is 15.9. The number of amides is 3. The lowest BCUT2D eigenvalue weighted by Gasteiger charge is -2.31. The molecule has 4 aromatic rings. The van der Waals surface area contributed by atoms with Crippen LogP contribution >= 0.6 is 0 Å². The fraction of sp³-hybridized carbons (Fsp3) is 0.270. The van der Waals surface area contributed by atoms with Crippen LogP contribution in [0, 0.1) is 0 Å². The summed E-state index contributed by atoms with van der Waals surface area (Å²) in [7, 11) is 0. The number of likely N-dealkylation sites (tertiary alicyclic amines) is 1. The largest absolute Gasteiger partial charge is 0.508 e. The van der Waals surface area contributed by atoms with Crippen LogP contribution in [0.4, 0.5) is 16.2 Å². The van der Waals surface area contributed by atoms with Gasteiger partial charge >= 0.3 is 6.09 Å². The number of carbonyl (C=O) groups excluding carboxylic acids is 3. The van der Waals surface area contributed by atoms with Gasteiger partial charge in [-0.2, -0.15) is 0 Å². The van der Waals surface area contributed by atoms with Gasteiger partial charge in [0.2, 0.25) is 5.91 Å². The van der Waals surface area contributed by atoms with E-state index in [1.807, 2.05) is 66.7 Å². The highest BCUT2D eigenvalue weighted by Gasteiger charge is 2.23. The first-order chi connectivity index (χ1) is 22.9. The van der Waals surface area contributed by atoms with E-state index >= 15 is 0 Å². The lowest BCUT2D eigenvalue weighted by molar-refractivity contribution is -0.116. The average Bonchev–Trinajstić information content (AvgIpc) is 3.09. The van der Waals surface area contributed by atoms with E-state index in [9.17, 15) is 19.5 Å². The van der Waals surface area contributed by atoms with E-state index in [-0.39, 0.29) is 30.1 Å². The summed E-state index contributed by atoms with van der Waals surface area (Å²) in [5.74, 6) is -0.137. The summed E-state index contributed by atoms with van der Waals surface area (Å²) < 4.78 is 5.74. The molecular formula is C37H41N5O5. The van der Waals surface area contributed by atoms with Crippen LogP contribution in [-0.4, -0.2) is 66.7 Å². The van der Waals surface area contributed by atoms with Crippen molar-refractivity contribution in [3.63, 3.8) is 0 Å². The second-order valence-corrected chi connectivity index (χ2v) is 11.5. The molecule has 0 saturated carbocycles. The predicted octanol–water partition coefficient (Wildman–Crippen LogP) is 5.62.